The molecule has 37 heavy (non-hydrogen) atoms. The van der Waals surface area contributed by atoms with E-state index in [1.807, 2.05) is 12.1 Å². The SMILES string of the molecule is COCCN(CCOC)c1cc(OC)c2c(c1)S(Br)=c1cc(N(CCOC)CCOC)cc(OC)c1=N2. The smallest absolute Gasteiger partial charge is 0.147 e. The van der Waals surface area contributed by atoms with Crippen molar-refractivity contribution in [3.8, 4) is 11.5 Å². The first-order chi connectivity index (χ1) is 18.0. The molecule has 2 aromatic rings. The van der Waals surface area contributed by atoms with E-state index in [9.17, 15) is 0 Å². The third-order valence-electron chi connectivity index (χ3n) is 6.09. The fraction of sp³-hybridized carbons (Fsp3) is 0.538. The predicted molar refractivity (Wildman–Crippen MR) is 152 cm³/mol. The molecule has 0 N–H and O–H groups in total. The third-order valence-corrected chi connectivity index (χ3v) is 9.58. The van der Waals surface area contributed by atoms with Gasteiger partial charge >= 0.3 is 0 Å². The first kappa shape index (κ1) is 29.7. The Morgan fingerprint density at radius 3 is 1.59 bits per heavy atom. The van der Waals surface area contributed by atoms with E-state index in [0.717, 1.165) is 58.0 Å². The van der Waals surface area contributed by atoms with Crippen LogP contribution >= 0.6 is 23.7 Å². The van der Waals surface area contributed by atoms with Crippen molar-refractivity contribution in [3.05, 3.63) is 34.1 Å². The number of anilines is 2. The summed E-state index contributed by atoms with van der Waals surface area (Å²) in [6.45, 7) is 5.36. The summed E-state index contributed by atoms with van der Waals surface area (Å²) < 4.78 is 34.1. The van der Waals surface area contributed by atoms with Gasteiger partial charge in [0.1, 0.15) is 22.5 Å². The van der Waals surface area contributed by atoms with E-state index in [1.165, 1.54) is 0 Å². The summed E-state index contributed by atoms with van der Waals surface area (Å²) >= 11 is 4.01. The summed E-state index contributed by atoms with van der Waals surface area (Å²) in [5.74, 6) is 1.42. The van der Waals surface area contributed by atoms with Gasteiger partial charge in [0.2, 0.25) is 0 Å². The Labute approximate surface area is 229 Å². The number of hydrogen-bond donors (Lipinski definition) is 0. The van der Waals surface area contributed by atoms with Crippen molar-refractivity contribution < 1.29 is 28.4 Å². The van der Waals surface area contributed by atoms with Gasteiger partial charge in [-0.1, -0.05) is 8.92 Å². The van der Waals surface area contributed by atoms with Crippen LogP contribution in [0.5, 0.6) is 11.5 Å². The Morgan fingerprint density at radius 1 is 0.676 bits per heavy atom. The molecule has 0 spiro atoms. The fourth-order valence-electron chi connectivity index (χ4n) is 4.08. The van der Waals surface area contributed by atoms with Crippen LogP contribution in [0.2, 0.25) is 0 Å². The van der Waals surface area contributed by atoms with Gasteiger partial charge in [-0.05, 0) is 26.9 Å². The van der Waals surface area contributed by atoms with E-state index in [0.29, 0.717) is 37.9 Å². The van der Waals surface area contributed by atoms with Gasteiger partial charge in [0.05, 0.1) is 40.6 Å². The molecule has 0 aliphatic carbocycles. The first-order valence-electron chi connectivity index (χ1n) is 12.0. The van der Waals surface area contributed by atoms with Gasteiger partial charge in [0.15, 0.2) is 0 Å². The van der Waals surface area contributed by atoms with Crippen LogP contribution in [0.25, 0.3) is 0 Å². The minimum absolute atomic E-state index is 0.460. The molecule has 0 amide bonds. The molecule has 1 aliphatic rings. The molecular formula is C26H38BrN3O6S. The van der Waals surface area contributed by atoms with Crippen LogP contribution in [0.1, 0.15) is 0 Å². The maximum absolute atomic E-state index is 5.82. The standard InChI is InChI=1S/C26H38BrN3O6S/c1-31-11-7-29(8-12-32-2)19-15-21(35-5)25-23(17-19)37(27)24-18-20(16-22(36-6)26(24)28-25)30(9-13-33-3)10-14-34-4/h15-18H,7-14H2,1-6H3. The Kier molecular flexibility index (Phi) is 11.9. The topological polar surface area (TPSA) is 74.2 Å². The molecule has 0 bridgehead atoms. The van der Waals surface area contributed by atoms with Crippen LogP contribution in [-0.2, 0) is 18.9 Å². The highest BCUT2D eigenvalue weighted by molar-refractivity contribution is 9.52. The van der Waals surface area contributed by atoms with Crippen LogP contribution in [0, 0.1) is 4.51 Å². The van der Waals surface area contributed by atoms with Crippen LogP contribution < -0.4 is 24.6 Å². The number of hydrogen-bond acceptors (Lipinski definition) is 9. The molecule has 206 valence electrons. The van der Waals surface area contributed by atoms with Gasteiger partial charge < -0.3 is 38.2 Å². The molecule has 0 saturated heterocycles. The summed E-state index contributed by atoms with van der Waals surface area (Å²) in [5.41, 5.74) is 2.87. The molecule has 2 aromatic carbocycles. The zero-order valence-electron chi connectivity index (χ0n) is 22.5. The largest absolute Gasteiger partial charge is 0.494 e. The number of methoxy groups -OCH3 is 6. The zero-order chi connectivity index (χ0) is 26.8. The lowest BCUT2D eigenvalue weighted by atomic mass is 10.2. The maximum atomic E-state index is 5.82. The van der Waals surface area contributed by atoms with E-state index in [4.69, 9.17) is 33.4 Å². The van der Waals surface area contributed by atoms with Crippen molar-refractivity contribution in [2.45, 2.75) is 4.90 Å². The maximum Gasteiger partial charge on any atom is 0.147 e. The Hall–Kier alpha value is -1.89. The third kappa shape index (κ3) is 7.15. The minimum atomic E-state index is -0.460. The van der Waals surface area contributed by atoms with E-state index in [-0.39, 0.29) is 0 Å². The van der Waals surface area contributed by atoms with Gasteiger partial charge in [-0.3, -0.25) is 0 Å². The van der Waals surface area contributed by atoms with Crippen molar-refractivity contribution in [2.24, 2.45) is 4.99 Å². The average molecular weight is 601 g/mol. The van der Waals surface area contributed by atoms with Gasteiger partial charge in [-0.15, -0.1) is 0 Å². The second kappa shape index (κ2) is 14.9. The highest BCUT2D eigenvalue weighted by Gasteiger charge is 2.22. The molecule has 1 atom stereocenters. The predicted octanol–water partition coefficient (Wildman–Crippen LogP) is 4.06. The number of rotatable bonds is 16. The van der Waals surface area contributed by atoms with Crippen molar-refractivity contribution in [2.75, 3.05) is 105 Å². The van der Waals surface area contributed by atoms with Crippen LogP contribution in [0.4, 0.5) is 17.1 Å². The lowest BCUT2D eigenvalue weighted by Gasteiger charge is -2.27. The second-order valence-corrected chi connectivity index (χ2v) is 11.6. The Bertz CT molecular complexity index is 1150. The fourth-order valence-corrected chi connectivity index (χ4v) is 6.88. The van der Waals surface area contributed by atoms with Gasteiger partial charge in [-0.25, -0.2) is 4.99 Å². The van der Waals surface area contributed by atoms with E-state index < -0.39 is 8.92 Å². The number of fused-ring (bicyclic) bond motifs is 2. The summed E-state index contributed by atoms with van der Waals surface area (Å²) in [6.07, 6.45) is 0. The van der Waals surface area contributed by atoms with Gasteiger partial charge in [0.25, 0.3) is 0 Å². The van der Waals surface area contributed by atoms with Crippen molar-refractivity contribution in [3.63, 3.8) is 0 Å². The monoisotopic (exact) mass is 599 g/mol. The van der Waals surface area contributed by atoms with Crippen LogP contribution in [-0.4, -0.2) is 95.3 Å². The molecule has 0 saturated carbocycles. The molecule has 3 rings (SSSR count). The number of benzene rings is 2. The summed E-state index contributed by atoms with van der Waals surface area (Å²) in [6, 6.07) is 8.42. The highest BCUT2D eigenvalue weighted by Crippen LogP contribution is 2.50. The van der Waals surface area contributed by atoms with Crippen molar-refractivity contribution in [1.82, 2.24) is 0 Å². The molecule has 0 fully saturated rings. The second-order valence-electron chi connectivity index (χ2n) is 8.30. The minimum Gasteiger partial charge on any atom is -0.494 e. The summed E-state index contributed by atoms with van der Waals surface area (Å²) in [7, 11) is 9.73. The molecule has 1 unspecified atom stereocenters. The van der Waals surface area contributed by atoms with Crippen molar-refractivity contribution >= 4 is 40.8 Å². The van der Waals surface area contributed by atoms with Crippen LogP contribution in [0.15, 0.2) is 34.2 Å². The molecule has 1 aliphatic heterocycles. The Morgan fingerprint density at radius 2 is 1.14 bits per heavy atom. The first-order valence-corrected chi connectivity index (χ1v) is 15.1. The number of ether oxygens (including phenoxy) is 6. The highest BCUT2D eigenvalue weighted by atomic mass is 79.9. The number of halogens is 1. The van der Waals surface area contributed by atoms with Gasteiger partial charge in [0, 0.05) is 87.5 Å². The van der Waals surface area contributed by atoms with Gasteiger partial charge in [-0.2, -0.15) is 0 Å². The quantitative estimate of drug-likeness (QED) is 0.267. The lowest BCUT2D eigenvalue weighted by molar-refractivity contribution is 0.190. The van der Waals surface area contributed by atoms with E-state index >= 15 is 0 Å². The van der Waals surface area contributed by atoms with E-state index in [2.05, 4.69) is 36.7 Å². The molecular weight excluding hydrogens is 562 g/mol. The zero-order valence-corrected chi connectivity index (χ0v) is 24.9. The Balaban J connectivity index is 2.18. The molecule has 1 heterocycles. The number of nitrogens with zero attached hydrogens (tertiary/aromatic N) is 3. The lowest BCUT2D eigenvalue weighted by Crippen LogP contribution is -2.31. The molecule has 11 heteroatoms. The molecule has 0 radical (unpaired) electrons. The van der Waals surface area contributed by atoms with Crippen molar-refractivity contribution in [1.29, 1.82) is 0 Å². The van der Waals surface area contributed by atoms with Crippen LogP contribution in [0.3, 0.4) is 0 Å². The normalized spacial score (nSPS) is 14.0. The summed E-state index contributed by atoms with van der Waals surface area (Å²) in [5, 5.41) is 0.805. The summed E-state index contributed by atoms with van der Waals surface area (Å²) in [4.78, 5) is 10.6. The van der Waals surface area contributed by atoms with E-state index in [1.54, 1.807) is 42.7 Å². The average Bonchev–Trinajstić information content (AvgIpc) is 2.92. The molecule has 0 aromatic heterocycles. The molecule has 9 nitrogen and oxygen atoms in total.